The van der Waals surface area contributed by atoms with Crippen molar-refractivity contribution in [1.29, 1.82) is 0 Å². The number of benzene rings is 1. The lowest BCUT2D eigenvalue weighted by Gasteiger charge is -2.08. The summed E-state index contributed by atoms with van der Waals surface area (Å²) in [6.45, 7) is 0. The Morgan fingerprint density at radius 1 is 1.30 bits per heavy atom. The maximum atomic E-state index is 13.0. The molecule has 0 aliphatic rings. The lowest BCUT2D eigenvalue weighted by Crippen LogP contribution is -2.15. The number of anilines is 1. The summed E-state index contributed by atoms with van der Waals surface area (Å²) in [7, 11) is 1.79. The van der Waals surface area contributed by atoms with E-state index in [2.05, 4.69) is 10.3 Å². The van der Waals surface area contributed by atoms with Gasteiger partial charge in [-0.15, -0.1) is 0 Å². The number of carbonyl (C=O) groups excluding carboxylic acids is 1. The zero-order valence-electron chi connectivity index (χ0n) is 12.6. The second-order valence-electron chi connectivity index (χ2n) is 5.19. The van der Waals surface area contributed by atoms with Crippen molar-refractivity contribution >= 4 is 11.7 Å². The molecule has 0 spiro atoms. The molecule has 2 heterocycles. The van der Waals surface area contributed by atoms with Crippen molar-refractivity contribution in [3.8, 4) is 11.3 Å². The normalized spacial score (nSPS) is 10.7. The average Bonchev–Trinajstić information content (AvgIpc) is 3.17. The first kappa shape index (κ1) is 15.0. The fourth-order valence-electron chi connectivity index (χ4n) is 2.28. The van der Waals surface area contributed by atoms with Gasteiger partial charge in [-0.25, -0.2) is 9.37 Å². The maximum absolute atomic E-state index is 13.0. The van der Waals surface area contributed by atoms with Crippen molar-refractivity contribution in [3.63, 3.8) is 0 Å². The monoisotopic (exact) mass is 313 g/mol. The second-order valence-corrected chi connectivity index (χ2v) is 5.19. The molecule has 3 rings (SSSR count). The Morgan fingerprint density at radius 3 is 2.78 bits per heavy atom. The van der Waals surface area contributed by atoms with E-state index in [1.807, 2.05) is 6.07 Å². The van der Waals surface area contributed by atoms with Gasteiger partial charge in [0.2, 0.25) is 5.91 Å². The molecule has 23 heavy (non-hydrogen) atoms. The van der Waals surface area contributed by atoms with Crippen LogP contribution in [0.1, 0.15) is 12.2 Å². The summed E-state index contributed by atoms with van der Waals surface area (Å²) in [6, 6.07) is 9.63. The summed E-state index contributed by atoms with van der Waals surface area (Å²) >= 11 is 0. The number of carbonyl (C=O) groups is 1. The SMILES string of the molecule is Cn1cnc(-c2ccc(F)cc2)c1NC(=O)CCc1ccco1. The van der Waals surface area contributed by atoms with E-state index in [1.165, 1.54) is 12.1 Å². The topological polar surface area (TPSA) is 60.1 Å². The van der Waals surface area contributed by atoms with Crippen LogP contribution in [-0.2, 0) is 18.3 Å². The first-order chi connectivity index (χ1) is 11.1. The standard InChI is InChI=1S/C17H16FN3O2/c1-21-11-19-16(12-4-6-13(18)7-5-12)17(21)20-15(22)9-8-14-3-2-10-23-14/h2-7,10-11H,8-9H2,1H3,(H,20,22). The van der Waals surface area contributed by atoms with Crippen LogP contribution in [0.2, 0.25) is 0 Å². The van der Waals surface area contributed by atoms with Crippen molar-refractivity contribution in [2.75, 3.05) is 5.32 Å². The molecule has 3 aromatic rings. The van der Waals surface area contributed by atoms with Crippen LogP contribution in [-0.4, -0.2) is 15.5 Å². The fourth-order valence-corrected chi connectivity index (χ4v) is 2.28. The molecule has 5 nitrogen and oxygen atoms in total. The van der Waals surface area contributed by atoms with Crippen molar-refractivity contribution in [2.24, 2.45) is 7.05 Å². The van der Waals surface area contributed by atoms with Crippen molar-refractivity contribution in [1.82, 2.24) is 9.55 Å². The zero-order valence-corrected chi connectivity index (χ0v) is 12.6. The number of aryl methyl sites for hydroxylation is 2. The summed E-state index contributed by atoms with van der Waals surface area (Å²) in [5, 5.41) is 2.86. The van der Waals surface area contributed by atoms with Crippen molar-refractivity contribution in [2.45, 2.75) is 12.8 Å². The van der Waals surface area contributed by atoms with Crippen LogP contribution in [0.15, 0.2) is 53.4 Å². The van der Waals surface area contributed by atoms with Crippen LogP contribution in [0.3, 0.4) is 0 Å². The molecule has 1 amide bonds. The average molecular weight is 313 g/mol. The van der Waals surface area contributed by atoms with Crippen LogP contribution < -0.4 is 5.32 Å². The van der Waals surface area contributed by atoms with Gasteiger partial charge in [-0.05, 0) is 36.4 Å². The van der Waals surface area contributed by atoms with Gasteiger partial charge < -0.3 is 14.3 Å². The summed E-state index contributed by atoms with van der Waals surface area (Å²) in [5.41, 5.74) is 1.35. The van der Waals surface area contributed by atoms with E-state index in [9.17, 15) is 9.18 Å². The van der Waals surface area contributed by atoms with Gasteiger partial charge in [0.25, 0.3) is 0 Å². The number of hydrogen-bond donors (Lipinski definition) is 1. The zero-order chi connectivity index (χ0) is 16.2. The lowest BCUT2D eigenvalue weighted by atomic mass is 10.1. The highest BCUT2D eigenvalue weighted by Crippen LogP contribution is 2.26. The number of nitrogens with zero attached hydrogens (tertiary/aromatic N) is 2. The molecule has 0 bridgehead atoms. The minimum absolute atomic E-state index is 0.131. The van der Waals surface area contributed by atoms with Crippen LogP contribution in [0.5, 0.6) is 0 Å². The summed E-state index contributed by atoms with van der Waals surface area (Å²) in [4.78, 5) is 16.4. The van der Waals surface area contributed by atoms with Gasteiger partial charge in [0.1, 0.15) is 23.1 Å². The van der Waals surface area contributed by atoms with Gasteiger partial charge >= 0.3 is 0 Å². The number of imidazole rings is 1. The molecule has 1 aromatic carbocycles. The minimum Gasteiger partial charge on any atom is -0.469 e. The first-order valence-electron chi connectivity index (χ1n) is 7.23. The minimum atomic E-state index is -0.311. The Labute approximate surface area is 132 Å². The number of furan rings is 1. The smallest absolute Gasteiger partial charge is 0.225 e. The molecular formula is C17H16FN3O2. The predicted octanol–water partition coefficient (Wildman–Crippen LogP) is 3.39. The first-order valence-corrected chi connectivity index (χ1v) is 7.23. The quantitative estimate of drug-likeness (QED) is 0.785. The van der Waals surface area contributed by atoms with Crippen LogP contribution in [0.25, 0.3) is 11.3 Å². The Bertz CT molecular complexity index is 792. The summed E-state index contributed by atoms with van der Waals surface area (Å²) in [5.74, 6) is 0.909. The Kier molecular flexibility index (Phi) is 4.23. The maximum Gasteiger partial charge on any atom is 0.225 e. The summed E-state index contributed by atoms with van der Waals surface area (Å²) < 4.78 is 20.0. The van der Waals surface area contributed by atoms with E-state index in [0.29, 0.717) is 24.4 Å². The largest absolute Gasteiger partial charge is 0.469 e. The third-order valence-corrected chi connectivity index (χ3v) is 3.49. The third kappa shape index (κ3) is 3.48. The molecule has 0 atom stereocenters. The molecule has 6 heteroatoms. The third-order valence-electron chi connectivity index (χ3n) is 3.49. The predicted molar refractivity (Wildman–Crippen MR) is 84.3 cm³/mol. The van der Waals surface area contributed by atoms with E-state index in [0.717, 1.165) is 11.3 Å². The summed E-state index contributed by atoms with van der Waals surface area (Å²) in [6.07, 6.45) is 4.03. The van der Waals surface area contributed by atoms with Crippen LogP contribution in [0, 0.1) is 5.82 Å². The van der Waals surface area contributed by atoms with Gasteiger partial charge in [0.15, 0.2) is 0 Å². The van der Waals surface area contributed by atoms with E-state index < -0.39 is 0 Å². The fraction of sp³-hybridized carbons (Fsp3) is 0.176. The van der Waals surface area contributed by atoms with E-state index >= 15 is 0 Å². The van der Waals surface area contributed by atoms with Crippen LogP contribution in [0.4, 0.5) is 10.2 Å². The van der Waals surface area contributed by atoms with Crippen molar-refractivity contribution < 1.29 is 13.6 Å². The Balaban J connectivity index is 1.73. The molecule has 0 aliphatic heterocycles. The van der Waals surface area contributed by atoms with E-state index in [4.69, 9.17) is 4.42 Å². The highest BCUT2D eigenvalue weighted by Gasteiger charge is 2.14. The van der Waals surface area contributed by atoms with Gasteiger partial charge in [0.05, 0.1) is 12.6 Å². The molecular weight excluding hydrogens is 297 g/mol. The molecule has 0 unspecified atom stereocenters. The molecule has 0 saturated heterocycles. The van der Waals surface area contributed by atoms with Gasteiger partial charge in [-0.2, -0.15) is 0 Å². The molecule has 118 valence electrons. The highest BCUT2D eigenvalue weighted by atomic mass is 19.1. The molecule has 0 saturated carbocycles. The van der Waals surface area contributed by atoms with Gasteiger partial charge in [-0.3, -0.25) is 4.79 Å². The number of aromatic nitrogens is 2. The number of hydrogen-bond acceptors (Lipinski definition) is 3. The van der Waals surface area contributed by atoms with E-state index in [1.54, 1.807) is 42.4 Å². The number of halogens is 1. The Morgan fingerprint density at radius 2 is 2.09 bits per heavy atom. The molecule has 0 aliphatic carbocycles. The van der Waals surface area contributed by atoms with Crippen LogP contribution >= 0.6 is 0 Å². The molecule has 2 aromatic heterocycles. The second kappa shape index (κ2) is 6.48. The van der Waals surface area contributed by atoms with Crippen molar-refractivity contribution in [3.05, 3.63) is 60.6 Å². The molecule has 0 fully saturated rings. The molecule has 1 N–H and O–H groups in total. The highest BCUT2D eigenvalue weighted by molar-refractivity contribution is 5.93. The Hall–Kier alpha value is -2.89. The van der Waals surface area contributed by atoms with Gasteiger partial charge in [-0.1, -0.05) is 0 Å². The number of rotatable bonds is 5. The molecule has 0 radical (unpaired) electrons. The van der Waals surface area contributed by atoms with E-state index in [-0.39, 0.29) is 11.7 Å². The lowest BCUT2D eigenvalue weighted by molar-refractivity contribution is -0.116. The number of amides is 1. The van der Waals surface area contributed by atoms with Gasteiger partial charge in [0, 0.05) is 25.5 Å². The number of nitrogens with one attached hydrogen (secondary N) is 1.